The number of nitrogens with zero attached hydrogens (tertiary/aromatic N) is 2. The quantitative estimate of drug-likeness (QED) is 0.475. The molecule has 0 aliphatic carbocycles. The van der Waals surface area contributed by atoms with Crippen LogP contribution in [0.25, 0.3) is 16.8 Å². The van der Waals surface area contributed by atoms with Gasteiger partial charge in [-0.2, -0.15) is 5.10 Å². The summed E-state index contributed by atoms with van der Waals surface area (Å²) in [7, 11) is 1.52. The average molecular weight is 443 g/mol. The van der Waals surface area contributed by atoms with Gasteiger partial charge in [0, 0.05) is 11.1 Å². The number of rotatable bonds is 5. The first-order chi connectivity index (χ1) is 15.9. The minimum absolute atomic E-state index is 0.188. The first kappa shape index (κ1) is 22.0. The van der Waals surface area contributed by atoms with E-state index in [2.05, 4.69) is 10.4 Å². The Balaban J connectivity index is 1.98. The molecule has 166 valence electrons. The molecular weight excluding hydrogens is 421 g/mol. The molecule has 0 aliphatic rings. The number of hydrogen-bond donors (Lipinski definition) is 1. The molecule has 4 aromatic rings. The van der Waals surface area contributed by atoms with Crippen molar-refractivity contribution in [3.63, 3.8) is 0 Å². The highest BCUT2D eigenvalue weighted by molar-refractivity contribution is 6.06. The summed E-state index contributed by atoms with van der Waals surface area (Å²) in [5, 5.41) is 7.29. The number of hydrogen-bond acceptors (Lipinski definition) is 4. The third-order valence-electron chi connectivity index (χ3n) is 5.25. The lowest BCUT2D eigenvalue weighted by Gasteiger charge is -2.19. The Hall–Kier alpha value is -4.26. The Bertz CT molecular complexity index is 1380. The number of carbonyl (C=O) groups excluding carboxylic acids is 1. The molecule has 6 nitrogen and oxygen atoms in total. The molecule has 0 saturated heterocycles. The fraction of sp³-hybridized carbons (Fsp3) is 0.115. The number of carbonyl (C=O) groups is 1. The van der Waals surface area contributed by atoms with Gasteiger partial charge in [-0.1, -0.05) is 35.9 Å². The van der Waals surface area contributed by atoms with Gasteiger partial charge in [-0.15, -0.1) is 0 Å². The number of aryl methyl sites for hydroxylation is 2. The van der Waals surface area contributed by atoms with Crippen molar-refractivity contribution in [2.75, 3.05) is 12.4 Å². The van der Waals surface area contributed by atoms with Crippen molar-refractivity contribution in [2.24, 2.45) is 0 Å². The summed E-state index contributed by atoms with van der Waals surface area (Å²) in [5.41, 5.74) is 2.65. The van der Waals surface area contributed by atoms with Crippen molar-refractivity contribution < 1.29 is 13.9 Å². The summed E-state index contributed by atoms with van der Waals surface area (Å²) in [6.07, 6.45) is 0. The van der Waals surface area contributed by atoms with Crippen molar-refractivity contribution in [1.82, 2.24) is 9.78 Å². The highest BCUT2D eigenvalue weighted by Gasteiger charge is 2.23. The maximum absolute atomic E-state index is 13.4. The van der Waals surface area contributed by atoms with Crippen LogP contribution in [0.15, 0.2) is 77.6 Å². The second kappa shape index (κ2) is 9.08. The number of nitrogens with one attached hydrogen (secondary N) is 1. The normalized spacial score (nSPS) is 10.7. The molecule has 1 amide bonds. The Kier molecular flexibility index (Phi) is 6.04. The van der Waals surface area contributed by atoms with Crippen LogP contribution < -0.4 is 15.5 Å². The first-order valence-corrected chi connectivity index (χ1v) is 10.3. The zero-order chi connectivity index (χ0) is 23.5. The second-order valence-electron chi connectivity index (χ2n) is 7.55. The fourth-order valence-electron chi connectivity index (χ4n) is 3.51. The summed E-state index contributed by atoms with van der Waals surface area (Å²) in [4.78, 5) is 26.4. The van der Waals surface area contributed by atoms with E-state index in [4.69, 9.17) is 4.74 Å². The van der Waals surface area contributed by atoms with E-state index in [1.807, 2.05) is 31.2 Å². The summed E-state index contributed by atoms with van der Waals surface area (Å²) in [5.74, 6) is -0.284. The van der Waals surface area contributed by atoms with Crippen molar-refractivity contribution in [3.05, 3.63) is 106 Å². The molecule has 0 saturated carbocycles. The average Bonchev–Trinajstić information content (AvgIpc) is 2.82. The van der Waals surface area contributed by atoms with Gasteiger partial charge >= 0.3 is 0 Å². The molecule has 0 spiro atoms. The van der Waals surface area contributed by atoms with Crippen LogP contribution in [0.5, 0.6) is 5.75 Å². The number of aromatic nitrogens is 2. The first-order valence-electron chi connectivity index (χ1n) is 10.3. The van der Waals surface area contributed by atoms with Crippen LogP contribution in [0, 0.1) is 19.7 Å². The van der Waals surface area contributed by atoms with Gasteiger partial charge in [0.15, 0.2) is 0 Å². The number of amides is 1. The van der Waals surface area contributed by atoms with Gasteiger partial charge in [0.1, 0.15) is 23.1 Å². The monoisotopic (exact) mass is 443 g/mol. The van der Waals surface area contributed by atoms with E-state index in [0.29, 0.717) is 17.0 Å². The molecule has 1 aromatic heterocycles. The van der Waals surface area contributed by atoms with Gasteiger partial charge in [-0.25, -0.2) is 9.07 Å². The third-order valence-corrected chi connectivity index (χ3v) is 5.25. The zero-order valence-electron chi connectivity index (χ0n) is 18.4. The Morgan fingerprint density at radius 1 is 0.970 bits per heavy atom. The number of methoxy groups -OCH3 is 1. The Morgan fingerprint density at radius 3 is 2.30 bits per heavy atom. The van der Waals surface area contributed by atoms with E-state index in [9.17, 15) is 14.0 Å². The van der Waals surface area contributed by atoms with E-state index in [-0.39, 0.29) is 28.1 Å². The zero-order valence-corrected chi connectivity index (χ0v) is 18.4. The predicted octanol–water partition coefficient (Wildman–Crippen LogP) is 4.92. The largest absolute Gasteiger partial charge is 0.496 e. The van der Waals surface area contributed by atoms with Crippen molar-refractivity contribution in [2.45, 2.75) is 13.8 Å². The number of ether oxygens (including phenoxy) is 1. The van der Waals surface area contributed by atoms with E-state index >= 15 is 0 Å². The third kappa shape index (κ3) is 4.39. The molecule has 7 heteroatoms. The lowest BCUT2D eigenvalue weighted by atomic mass is 10.0. The van der Waals surface area contributed by atoms with Crippen LogP contribution >= 0.6 is 0 Å². The lowest BCUT2D eigenvalue weighted by molar-refractivity contribution is 0.102. The van der Waals surface area contributed by atoms with E-state index in [1.165, 1.54) is 36.1 Å². The predicted molar refractivity (Wildman–Crippen MR) is 126 cm³/mol. The molecule has 4 rings (SSSR count). The minimum Gasteiger partial charge on any atom is -0.496 e. The highest BCUT2D eigenvalue weighted by atomic mass is 19.1. The standard InChI is InChI=1S/C26H22FN3O3/c1-16-8-14-20(15-9-16)30-25(28-26(32)18-10-12-19(27)13-11-18)23(24(31)17(2)29-30)21-6-4-5-7-22(21)33-3/h4-15H,1-3H3,(H,28,32). The van der Waals surface area contributed by atoms with Crippen LogP contribution in [-0.2, 0) is 0 Å². The van der Waals surface area contributed by atoms with Gasteiger partial charge in [0.2, 0.25) is 5.43 Å². The molecule has 3 aromatic carbocycles. The number of halogens is 1. The van der Waals surface area contributed by atoms with E-state index in [1.54, 1.807) is 31.2 Å². The molecule has 0 unspecified atom stereocenters. The van der Waals surface area contributed by atoms with Crippen LogP contribution in [-0.4, -0.2) is 22.8 Å². The molecule has 0 aliphatic heterocycles. The molecule has 1 N–H and O–H groups in total. The summed E-state index contributed by atoms with van der Waals surface area (Å²) < 4.78 is 20.4. The molecule has 1 heterocycles. The molecule has 0 radical (unpaired) electrons. The molecule has 0 atom stereocenters. The van der Waals surface area contributed by atoms with Crippen LogP contribution in [0.2, 0.25) is 0 Å². The van der Waals surface area contributed by atoms with E-state index < -0.39 is 11.7 Å². The molecule has 33 heavy (non-hydrogen) atoms. The highest BCUT2D eigenvalue weighted by Crippen LogP contribution is 2.34. The maximum Gasteiger partial charge on any atom is 0.256 e. The summed E-state index contributed by atoms with van der Waals surface area (Å²) in [6, 6.07) is 19.8. The van der Waals surface area contributed by atoms with Gasteiger partial charge < -0.3 is 10.1 Å². The number of benzene rings is 3. The Labute approximate surface area is 190 Å². The van der Waals surface area contributed by atoms with Crippen molar-refractivity contribution >= 4 is 11.7 Å². The SMILES string of the molecule is COc1ccccc1-c1c(NC(=O)c2ccc(F)cc2)n(-c2ccc(C)cc2)nc(C)c1=O. The van der Waals surface area contributed by atoms with Crippen LogP contribution in [0.1, 0.15) is 21.6 Å². The van der Waals surface area contributed by atoms with Crippen molar-refractivity contribution in [1.29, 1.82) is 0 Å². The minimum atomic E-state index is -0.503. The molecule has 0 bridgehead atoms. The number of para-hydroxylation sites is 1. The van der Waals surface area contributed by atoms with Gasteiger partial charge in [0.25, 0.3) is 5.91 Å². The summed E-state index contributed by atoms with van der Waals surface area (Å²) >= 11 is 0. The smallest absolute Gasteiger partial charge is 0.256 e. The molecular formula is C26H22FN3O3. The van der Waals surface area contributed by atoms with Crippen LogP contribution in [0.3, 0.4) is 0 Å². The number of anilines is 1. The summed E-state index contributed by atoms with van der Waals surface area (Å²) in [6.45, 7) is 3.59. The lowest BCUT2D eigenvalue weighted by Crippen LogP contribution is -2.25. The molecule has 0 fully saturated rings. The van der Waals surface area contributed by atoms with E-state index in [0.717, 1.165) is 5.56 Å². The maximum atomic E-state index is 13.4. The van der Waals surface area contributed by atoms with Gasteiger partial charge in [-0.3, -0.25) is 9.59 Å². The van der Waals surface area contributed by atoms with Gasteiger partial charge in [-0.05, 0) is 56.3 Å². The topological polar surface area (TPSA) is 73.2 Å². The van der Waals surface area contributed by atoms with Crippen molar-refractivity contribution in [3.8, 4) is 22.6 Å². The van der Waals surface area contributed by atoms with Crippen LogP contribution in [0.4, 0.5) is 10.2 Å². The Morgan fingerprint density at radius 2 is 1.64 bits per heavy atom. The fourth-order valence-corrected chi connectivity index (χ4v) is 3.51. The van der Waals surface area contributed by atoms with Gasteiger partial charge in [0.05, 0.1) is 18.4 Å². The second-order valence-corrected chi connectivity index (χ2v) is 7.55.